The molecule has 9 heteroatoms. The van der Waals surface area contributed by atoms with Crippen LogP contribution in [0.5, 0.6) is 11.5 Å². The summed E-state index contributed by atoms with van der Waals surface area (Å²) < 4.78 is 50.1. The molecule has 160 valence electrons. The molecule has 1 aliphatic heterocycles. The van der Waals surface area contributed by atoms with Crippen molar-refractivity contribution in [2.45, 2.75) is 4.90 Å². The zero-order valence-corrected chi connectivity index (χ0v) is 17.6. The molecule has 7 nitrogen and oxygen atoms in total. The van der Waals surface area contributed by atoms with Gasteiger partial charge in [-0.1, -0.05) is 0 Å². The van der Waals surface area contributed by atoms with Crippen molar-refractivity contribution in [2.24, 2.45) is 0 Å². The van der Waals surface area contributed by atoms with Crippen LogP contribution < -0.4 is 9.47 Å². The quantitative estimate of drug-likeness (QED) is 0.653. The van der Waals surface area contributed by atoms with Gasteiger partial charge in [-0.3, -0.25) is 4.79 Å². The molecule has 0 aromatic heterocycles. The fraction of sp³-hybridized carbons (Fsp3) is 0.286. The van der Waals surface area contributed by atoms with E-state index in [1.807, 2.05) is 0 Å². The summed E-state index contributed by atoms with van der Waals surface area (Å²) in [6.45, 7) is 0.884. The van der Waals surface area contributed by atoms with Crippen LogP contribution in [0.4, 0.5) is 4.39 Å². The van der Waals surface area contributed by atoms with E-state index in [-0.39, 0.29) is 37.0 Å². The first-order valence-corrected chi connectivity index (χ1v) is 10.7. The highest BCUT2D eigenvalue weighted by Crippen LogP contribution is 2.23. The van der Waals surface area contributed by atoms with Gasteiger partial charge >= 0.3 is 0 Å². The average Bonchev–Trinajstić information content (AvgIpc) is 2.77. The van der Waals surface area contributed by atoms with Crippen molar-refractivity contribution in [1.82, 2.24) is 9.21 Å². The van der Waals surface area contributed by atoms with E-state index >= 15 is 0 Å². The molecular weight excluding hydrogens is 411 g/mol. The molecule has 0 radical (unpaired) electrons. The van der Waals surface area contributed by atoms with Gasteiger partial charge in [-0.2, -0.15) is 4.31 Å². The van der Waals surface area contributed by atoms with Gasteiger partial charge in [0.1, 0.15) is 17.3 Å². The van der Waals surface area contributed by atoms with Gasteiger partial charge < -0.3 is 14.4 Å². The Balaban J connectivity index is 1.63. The lowest BCUT2D eigenvalue weighted by Crippen LogP contribution is -2.50. The molecule has 0 bridgehead atoms. The van der Waals surface area contributed by atoms with Crippen molar-refractivity contribution in [3.63, 3.8) is 0 Å². The van der Waals surface area contributed by atoms with E-state index in [9.17, 15) is 17.6 Å². The second-order valence-corrected chi connectivity index (χ2v) is 8.60. The maximum absolute atomic E-state index is 13.1. The zero-order chi connectivity index (χ0) is 21.7. The van der Waals surface area contributed by atoms with E-state index in [1.54, 1.807) is 43.4 Å². The van der Waals surface area contributed by atoms with E-state index < -0.39 is 15.8 Å². The third-order valence-corrected chi connectivity index (χ3v) is 6.71. The molecule has 1 saturated heterocycles. The molecule has 2 aromatic carbocycles. The summed E-state index contributed by atoms with van der Waals surface area (Å²) in [5.74, 6) is 0.516. The molecule has 0 saturated carbocycles. The maximum Gasteiger partial charge on any atom is 0.246 e. The lowest BCUT2D eigenvalue weighted by atomic mass is 10.2. The number of piperazine rings is 1. The second-order valence-electron chi connectivity index (χ2n) is 6.66. The number of hydrogen-bond acceptors (Lipinski definition) is 5. The van der Waals surface area contributed by atoms with Crippen LogP contribution in [0.2, 0.25) is 0 Å². The number of hydrogen-bond donors (Lipinski definition) is 0. The van der Waals surface area contributed by atoms with E-state index in [0.717, 1.165) is 17.7 Å². The Morgan fingerprint density at radius 3 is 2.07 bits per heavy atom. The molecular formula is C21H23FN2O5S. The number of carbonyl (C=O) groups is 1. The first kappa shape index (κ1) is 21.8. The largest absolute Gasteiger partial charge is 0.497 e. The molecule has 0 spiro atoms. The number of sulfonamides is 1. The highest BCUT2D eigenvalue weighted by Gasteiger charge is 2.29. The van der Waals surface area contributed by atoms with Crippen molar-refractivity contribution in [3.05, 3.63) is 59.9 Å². The summed E-state index contributed by atoms with van der Waals surface area (Å²) in [5.41, 5.74) is 0.747. The van der Waals surface area contributed by atoms with Crippen molar-refractivity contribution in [1.29, 1.82) is 0 Å². The minimum atomic E-state index is -3.72. The molecule has 0 unspecified atom stereocenters. The number of benzene rings is 2. The maximum atomic E-state index is 13.1. The van der Waals surface area contributed by atoms with Crippen LogP contribution in [0.25, 0.3) is 6.08 Å². The van der Waals surface area contributed by atoms with Gasteiger partial charge in [-0.25, -0.2) is 12.8 Å². The minimum Gasteiger partial charge on any atom is -0.497 e. The van der Waals surface area contributed by atoms with Crippen LogP contribution in [0.1, 0.15) is 5.56 Å². The Morgan fingerprint density at radius 2 is 1.53 bits per heavy atom. The number of halogens is 1. The van der Waals surface area contributed by atoms with Crippen LogP contribution in [0.3, 0.4) is 0 Å². The van der Waals surface area contributed by atoms with Gasteiger partial charge in [0, 0.05) is 38.3 Å². The second kappa shape index (κ2) is 9.27. The summed E-state index contributed by atoms with van der Waals surface area (Å²) in [7, 11) is -0.619. The number of carbonyl (C=O) groups excluding carboxylic acids is 1. The molecule has 30 heavy (non-hydrogen) atoms. The average molecular weight is 434 g/mol. The minimum absolute atomic E-state index is 0.0375. The Bertz CT molecular complexity index is 1010. The number of rotatable bonds is 6. The van der Waals surface area contributed by atoms with Gasteiger partial charge in [0.15, 0.2) is 0 Å². The van der Waals surface area contributed by atoms with E-state index in [4.69, 9.17) is 9.47 Å². The van der Waals surface area contributed by atoms with E-state index in [0.29, 0.717) is 11.5 Å². The van der Waals surface area contributed by atoms with Crippen LogP contribution in [-0.2, 0) is 14.8 Å². The molecule has 1 fully saturated rings. The van der Waals surface area contributed by atoms with Crippen LogP contribution in [-0.4, -0.2) is 63.9 Å². The van der Waals surface area contributed by atoms with Crippen LogP contribution >= 0.6 is 0 Å². The van der Waals surface area contributed by atoms with Crippen molar-refractivity contribution in [3.8, 4) is 11.5 Å². The van der Waals surface area contributed by atoms with Gasteiger partial charge in [0.25, 0.3) is 0 Å². The molecule has 0 N–H and O–H groups in total. The van der Waals surface area contributed by atoms with E-state index in [2.05, 4.69) is 0 Å². The fourth-order valence-electron chi connectivity index (χ4n) is 3.10. The molecule has 1 aliphatic rings. The van der Waals surface area contributed by atoms with Crippen LogP contribution in [0, 0.1) is 5.82 Å². The number of methoxy groups -OCH3 is 2. The molecule has 1 heterocycles. The first-order valence-electron chi connectivity index (χ1n) is 9.29. The third kappa shape index (κ3) is 4.98. The van der Waals surface area contributed by atoms with Gasteiger partial charge in [-0.05, 0) is 48.0 Å². The van der Waals surface area contributed by atoms with E-state index in [1.165, 1.54) is 22.5 Å². The zero-order valence-electron chi connectivity index (χ0n) is 16.7. The number of amides is 1. The highest BCUT2D eigenvalue weighted by atomic mass is 32.2. The van der Waals surface area contributed by atoms with Crippen LogP contribution in [0.15, 0.2) is 53.4 Å². The first-order chi connectivity index (χ1) is 14.3. The van der Waals surface area contributed by atoms with Gasteiger partial charge in [0.05, 0.1) is 19.1 Å². The highest BCUT2D eigenvalue weighted by molar-refractivity contribution is 7.89. The summed E-state index contributed by atoms with van der Waals surface area (Å²) in [4.78, 5) is 14.1. The molecule has 3 rings (SSSR count). The lowest BCUT2D eigenvalue weighted by molar-refractivity contribution is -0.127. The molecule has 0 aliphatic carbocycles. The molecule has 1 amide bonds. The van der Waals surface area contributed by atoms with Crippen molar-refractivity contribution >= 4 is 22.0 Å². The summed E-state index contributed by atoms with van der Waals surface area (Å²) >= 11 is 0. The number of nitrogens with zero attached hydrogens (tertiary/aromatic N) is 2. The summed E-state index contributed by atoms with van der Waals surface area (Å²) in [6.07, 6.45) is 3.10. The van der Waals surface area contributed by atoms with Gasteiger partial charge in [-0.15, -0.1) is 0 Å². The Morgan fingerprint density at radius 1 is 0.967 bits per heavy atom. The predicted molar refractivity (Wildman–Crippen MR) is 110 cm³/mol. The molecule has 0 atom stereocenters. The topological polar surface area (TPSA) is 76.2 Å². The summed E-state index contributed by atoms with van der Waals surface area (Å²) in [5, 5.41) is 0. The fourth-order valence-corrected chi connectivity index (χ4v) is 4.53. The monoisotopic (exact) mass is 434 g/mol. The van der Waals surface area contributed by atoms with Crippen molar-refractivity contribution < 1.29 is 27.1 Å². The molecule has 2 aromatic rings. The number of ether oxygens (including phenoxy) is 2. The Hall–Kier alpha value is -2.91. The van der Waals surface area contributed by atoms with Crippen molar-refractivity contribution in [2.75, 3.05) is 40.4 Å². The lowest BCUT2D eigenvalue weighted by Gasteiger charge is -2.33. The standard InChI is InChI=1S/C21H23FN2O5S/c1-28-18-13-16(14-19(15-18)29-2)3-8-21(25)23-9-11-24(12-10-23)30(26,27)20-6-4-17(22)5-7-20/h3-8,13-15H,9-12H2,1-2H3/b8-3+. The van der Waals surface area contributed by atoms with Gasteiger partial charge in [0.2, 0.25) is 15.9 Å². The Labute approximate surface area is 175 Å². The predicted octanol–water partition coefficient (Wildman–Crippen LogP) is 2.39. The third-order valence-electron chi connectivity index (χ3n) is 4.79. The Kier molecular flexibility index (Phi) is 6.73. The SMILES string of the molecule is COc1cc(/C=C/C(=O)N2CCN(S(=O)(=O)c3ccc(F)cc3)CC2)cc(OC)c1. The summed E-state index contributed by atoms with van der Waals surface area (Å²) in [6, 6.07) is 10.0. The smallest absolute Gasteiger partial charge is 0.246 e. The normalized spacial score (nSPS) is 15.4.